The quantitative estimate of drug-likeness (QED) is 0.347. The van der Waals surface area contributed by atoms with Crippen molar-refractivity contribution < 1.29 is 14.3 Å². The molecule has 30 heavy (non-hydrogen) atoms. The Morgan fingerprint density at radius 1 is 1.30 bits per heavy atom. The number of anilines is 1. The summed E-state index contributed by atoms with van der Waals surface area (Å²) in [4.78, 5) is 33.4. The molecule has 0 spiro atoms. The zero-order valence-corrected chi connectivity index (χ0v) is 19.2. The summed E-state index contributed by atoms with van der Waals surface area (Å²) < 4.78 is 6.29. The predicted molar refractivity (Wildman–Crippen MR) is 121 cm³/mol. The number of carbonyl (C=O) groups is 2. The molecule has 0 fully saturated rings. The summed E-state index contributed by atoms with van der Waals surface area (Å²) in [5.74, 6) is -0.433. The minimum Gasteiger partial charge on any atom is -0.449 e. The van der Waals surface area contributed by atoms with Crippen LogP contribution in [-0.4, -0.2) is 27.9 Å². The van der Waals surface area contributed by atoms with E-state index in [2.05, 4.69) is 15.3 Å². The number of benzene rings is 1. The Labute approximate surface area is 192 Å². The van der Waals surface area contributed by atoms with E-state index in [0.29, 0.717) is 16.3 Å². The maximum Gasteiger partial charge on any atom is 0.339 e. The number of carbonyl (C=O) groups excluding carboxylic acids is 2. The van der Waals surface area contributed by atoms with E-state index in [9.17, 15) is 9.59 Å². The predicted octanol–water partition coefficient (Wildman–Crippen LogP) is 5.63. The van der Waals surface area contributed by atoms with E-state index in [0.717, 1.165) is 15.6 Å². The van der Waals surface area contributed by atoms with Crippen LogP contribution >= 0.6 is 46.3 Å². The van der Waals surface area contributed by atoms with E-state index in [4.69, 9.17) is 27.9 Å². The van der Waals surface area contributed by atoms with Crippen LogP contribution in [0, 0.1) is 6.92 Å². The number of thiazole rings is 1. The molecule has 0 aliphatic heterocycles. The van der Waals surface area contributed by atoms with Gasteiger partial charge in [-0.15, -0.1) is 11.3 Å². The normalized spacial score (nSPS) is 11.7. The monoisotopic (exact) mass is 481 g/mol. The largest absolute Gasteiger partial charge is 0.449 e. The molecule has 0 saturated carbocycles. The van der Waals surface area contributed by atoms with Gasteiger partial charge in [0, 0.05) is 23.0 Å². The summed E-state index contributed by atoms with van der Waals surface area (Å²) in [7, 11) is 0. The van der Waals surface area contributed by atoms with Crippen LogP contribution < -0.4 is 5.32 Å². The Kier molecular flexibility index (Phi) is 7.71. The molecule has 1 unspecified atom stereocenters. The second kappa shape index (κ2) is 10.3. The number of thioether (sulfide) groups is 1. The fraction of sp³-hybridized carbons (Fsp3) is 0.200. The van der Waals surface area contributed by atoms with Crippen molar-refractivity contribution in [1.29, 1.82) is 0 Å². The van der Waals surface area contributed by atoms with E-state index in [1.165, 1.54) is 19.2 Å². The van der Waals surface area contributed by atoms with E-state index < -0.39 is 18.0 Å². The molecule has 10 heteroatoms. The third kappa shape index (κ3) is 5.95. The molecular weight excluding hydrogens is 465 g/mol. The molecule has 1 aromatic carbocycles. The van der Waals surface area contributed by atoms with Gasteiger partial charge < -0.3 is 10.1 Å². The Balaban J connectivity index is 1.64. The van der Waals surface area contributed by atoms with Crippen LogP contribution in [0.5, 0.6) is 0 Å². The number of aromatic nitrogens is 2. The van der Waals surface area contributed by atoms with Gasteiger partial charge in [-0.2, -0.15) is 0 Å². The standard InChI is InChI=1S/C20H17Cl2N3O3S2/c1-11-9-29-20(24-11)30-10-13-5-3-4-6-15(13)19(27)28-12(2)18(26)25-17-16(22)7-14(21)8-23-17/h3-9,12H,10H2,1-2H3,(H,23,25,26). The van der Waals surface area contributed by atoms with Gasteiger partial charge in [0.2, 0.25) is 0 Å². The molecular formula is C20H17Cl2N3O3S2. The highest BCUT2D eigenvalue weighted by molar-refractivity contribution is 8.00. The Hall–Kier alpha value is -2.13. The molecule has 0 aliphatic carbocycles. The maximum absolute atomic E-state index is 12.7. The number of rotatable bonds is 7. The molecule has 2 aromatic heterocycles. The van der Waals surface area contributed by atoms with Crippen molar-refractivity contribution >= 4 is 64.0 Å². The average molecular weight is 482 g/mol. The van der Waals surface area contributed by atoms with Gasteiger partial charge in [-0.1, -0.05) is 53.2 Å². The van der Waals surface area contributed by atoms with E-state index in [1.54, 1.807) is 35.2 Å². The fourth-order valence-corrected chi connectivity index (χ4v) is 4.67. The molecule has 0 aliphatic rings. The first-order valence-electron chi connectivity index (χ1n) is 8.79. The van der Waals surface area contributed by atoms with Crippen molar-refractivity contribution in [2.45, 2.75) is 30.0 Å². The number of nitrogens with one attached hydrogen (secondary N) is 1. The molecule has 2 heterocycles. The number of hydrogen-bond donors (Lipinski definition) is 1. The van der Waals surface area contributed by atoms with Crippen molar-refractivity contribution in [3.05, 3.63) is 68.8 Å². The number of hydrogen-bond acceptors (Lipinski definition) is 7. The summed E-state index contributed by atoms with van der Waals surface area (Å²) in [6.07, 6.45) is 0.311. The number of pyridine rings is 1. The van der Waals surface area contributed by atoms with Crippen LogP contribution in [0.3, 0.4) is 0 Å². The average Bonchev–Trinajstić information content (AvgIpc) is 3.13. The molecule has 1 amide bonds. The lowest BCUT2D eigenvalue weighted by Crippen LogP contribution is -2.30. The number of aryl methyl sites for hydroxylation is 1. The third-order valence-electron chi connectivity index (χ3n) is 3.89. The Bertz CT molecular complexity index is 1070. The first-order valence-corrected chi connectivity index (χ1v) is 11.4. The molecule has 3 aromatic rings. The van der Waals surface area contributed by atoms with Crippen molar-refractivity contribution in [3.8, 4) is 0 Å². The second-order valence-electron chi connectivity index (χ2n) is 6.22. The van der Waals surface area contributed by atoms with Gasteiger partial charge in [-0.25, -0.2) is 14.8 Å². The fourth-order valence-electron chi connectivity index (χ4n) is 2.39. The molecule has 0 radical (unpaired) electrons. The van der Waals surface area contributed by atoms with Crippen molar-refractivity contribution in [3.63, 3.8) is 0 Å². The number of amides is 1. The van der Waals surface area contributed by atoms with E-state index in [1.807, 2.05) is 24.4 Å². The molecule has 0 bridgehead atoms. The molecule has 0 saturated heterocycles. The Morgan fingerprint density at radius 2 is 2.07 bits per heavy atom. The van der Waals surface area contributed by atoms with Gasteiger partial charge >= 0.3 is 5.97 Å². The summed E-state index contributed by atoms with van der Waals surface area (Å²) >= 11 is 14.9. The second-order valence-corrected chi connectivity index (χ2v) is 9.15. The minimum absolute atomic E-state index is 0.143. The molecule has 156 valence electrons. The number of halogens is 2. The van der Waals surface area contributed by atoms with Crippen molar-refractivity contribution in [1.82, 2.24) is 9.97 Å². The smallest absolute Gasteiger partial charge is 0.339 e. The van der Waals surface area contributed by atoms with Gasteiger partial charge in [0.15, 0.2) is 11.9 Å². The Morgan fingerprint density at radius 3 is 2.77 bits per heavy atom. The summed E-state index contributed by atoms with van der Waals surface area (Å²) in [5, 5.41) is 5.04. The maximum atomic E-state index is 12.7. The highest BCUT2D eigenvalue weighted by atomic mass is 35.5. The van der Waals surface area contributed by atoms with Gasteiger partial charge in [0.25, 0.3) is 5.91 Å². The highest BCUT2D eigenvalue weighted by Gasteiger charge is 2.22. The minimum atomic E-state index is -1.05. The third-order valence-corrected chi connectivity index (χ3v) is 6.57. The summed E-state index contributed by atoms with van der Waals surface area (Å²) in [6.45, 7) is 3.41. The van der Waals surface area contributed by atoms with Crippen LogP contribution in [0.15, 0.2) is 46.2 Å². The van der Waals surface area contributed by atoms with Gasteiger partial charge in [-0.05, 0) is 31.5 Å². The van der Waals surface area contributed by atoms with Crippen molar-refractivity contribution in [2.24, 2.45) is 0 Å². The zero-order chi connectivity index (χ0) is 21.7. The molecule has 1 atom stereocenters. The lowest BCUT2D eigenvalue weighted by atomic mass is 10.1. The van der Waals surface area contributed by atoms with Crippen molar-refractivity contribution in [2.75, 3.05) is 5.32 Å². The van der Waals surface area contributed by atoms with Crippen LogP contribution in [0.4, 0.5) is 5.82 Å². The first kappa shape index (κ1) is 22.6. The molecule has 1 N–H and O–H groups in total. The lowest BCUT2D eigenvalue weighted by Gasteiger charge is -2.15. The number of esters is 1. The van der Waals surface area contributed by atoms with Gasteiger partial charge in [-0.3, -0.25) is 4.79 Å². The summed E-state index contributed by atoms with van der Waals surface area (Å²) in [5.41, 5.74) is 2.17. The number of ether oxygens (including phenoxy) is 1. The molecule has 3 rings (SSSR count). The van der Waals surface area contributed by atoms with Gasteiger partial charge in [0.05, 0.1) is 15.6 Å². The van der Waals surface area contributed by atoms with Gasteiger partial charge in [0.1, 0.15) is 4.34 Å². The van der Waals surface area contributed by atoms with E-state index >= 15 is 0 Å². The summed E-state index contributed by atoms with van der Waals surface area (Å²) in [6, 6.07) is 8.59. The topological polar surface area (TPSA) is 81.2 Å². The number of nitrogens with zero attached hydrogens (tertiary/aromatic N) is 2. The lowest BCUT2D eigenvalue weighted by molar-refractivity contribution is -0.123. The van der Waals surface area contributed by atoms with Crippen LogP contribution in [0.1, 0.15) is 28.5 Å². The van der Waals surface area contributed by atoms with Crippen LogP contribution in [-0.2, 0) is 15.3 Å². The van der Waals surface area contributed by atoms with Crippen LogP contribution in [0.25, 0.3) is 0 Å². The SMILES string of the molecule is Cc1csc(SCc2ccccc2C(=O)OC(C)C(=O)Nc2ncc(Cl)cc2Cl)n1. The van der Waals surface area contributed by atoms with E-state index in [-0.39, 0.29) is 10.8 Å². The first-order chi connectivity index (χ1) is 14.3. The van der Waals surface area contributed by atoms with Crippen LogP contribution in [0.2, 0.25) is 10.0 Å². The highest BCUT2D eigenvalue weighted by Crippen LogP contribution is 2.28. The zero-order valence-electron chi connectivity index (χ0n) is 16.0. The molecule has 6 nitrogen and oxygen atoms in total.